The number of nitrogens with zero attached hydrogens (tertiary/aromatic N) is 4. The fourth-order valence-corrected chi connectivity index (χ4v) is 1.82. The quantitative estimate of drug-likeness (QED) is 0.811. The first kappa shape index (κ1) is 10.8. The van der Waals surface area contributed by atoms with Crippen LogP contribution < -0.4 is 5.32 Å². The Morgan fingerprint density at radius 2 is 2.27 bits per heavy atom. The Kier molecular flexibility index (Phi) is 3.19. The SMILES string of the molecule is CNc1ncc(Br)c(-n2cc(I)cn2)n1. The predicted octanol–water partition coefficient (Wildman–Crippen LogP) is 2.07. The van der Waals surface area contributed by atoms with E-state index in [0.29, 0.717) is 5.95 Å². The van der Waals surface area contributed by atoms with E-state index in [1.807, 2.05) is 6.20 Å². The van der Waals surface area contributed by atoms with Gasteiger partial charge in [-0.2, -0.15) is 10.1 Å². The Hall–Kier alpha value is -0.700. The van der Waals surface area contributed by atoms with Crippen molar-refractivity contribution in [3.8, 4) is 5.82 Å². The van der Waals surface area contributed by atoms with Crippen LogP contribution in [0.15, 0.2) is 23.1 Å². The molecule has 0 aromatic carbocycles. The van der Waals surface area contributed by atoms with Crippen molar-refractivity contribution in [3.05, 3.63) is 26.6 Å². The van der Waals surface area contributed by atoms with Gasteiger partial charge in [-0.15, -0.1) is 0 Å². The fraction of sp³-hybridized carbons (Fsp3) is 0.125. The molecule has 0 atom stereocenters. The van der Waals surface area contributed by atoms with E-state index in [1.165, 1.54) is 0 Å². The lowest BCUT2D eigenvalue weighted by Gasteiger charge is -2.04. The summed E-state index contributed by atoms with van der Waals surface area (Å²) < 4.78 is 3.57. The number of hydrogen-bond acceptors (Lipinski definition) is 4. The number of halogens is 2. The molecule has 0 aliphatic carbocycles. The van der Waals surface area contributed by atoms with Gasteiger partial charge in [-0.05, 0) is 38.5 Å². The highest BCUT2D eigenvalue weighted by atomic mass is 127. The van der Waals surface area contributed by atoms with E-state index in [2.05, 4.69) is 58.9 Å². The average molecular weight is 380 g/mol. The van der Waals surface area contributed by atoms with Crippen LogP contribution in [0.2, 0.25) is 0 Å². The molecule has 15 heavy (non-hydrogen) atoms. The Bertz CT molecular complexity index is 484. The van der Waals surface area contributed by atoms with Gasteiger partial charge in [-0.1, -0.05) is 0 Å². The smallest absolute Gasteiger partial charge is 0.224 e. The topological polar surface area (TPSA) is 55.6 Å². The van der Waals surface area contributed by atoms with Crippen LogP contribution in [-0.4, -0.2) is 26.8 Å². The van der Waals surface area contributed by atoms with Crippen molar-refractivity contribution in [3.63, 3.8) is 0 Å². The van der Waals surface area contributed by atoms with Gasteiger partial charge in [-0.25, -0.2) is 9.67 Å². The highest BCUT2D eigenvalue weighted by Crippen LogP contribution is 2.19. The zero-order valence-electron chi connectivity index (χ0n) is 7.78. The van der Waals surface area contributed by atoms with Gasteiger partial charge >= 0.3 is 0 Å². The third kappa shape index (κ3) is 2.28. The molecule has 0 unspecified atom stereocenters. The minimum absolute atomic E-state index is 0.568. The van der Waals surface area contributed by atoms with E-state index < -0.39 is 0 Å². The van der Waals surface area contributed by atoms with Gasteiger partial charge in [0.15, 0.2) is 5.82 Å². The van der Waals surface area contributed by atoms with Gasteiger partial charge in [0.2, 0.25) is 5.95 Å². The van der Waals surface area contributed by atoms with E-state index in [-0.39, 0.29) is 0 Å². The first-order valence-electron chi connectivity index (χ1n) is 4.11. The summed E-state index contributed by atoms with van der Waals surface area (Å²) >= 11 is 5.59. The fourth-order valence-electron chi connectivity index (χ4n) is 1.06. The molecule has 2 rings (SSSR count). The number of hydrogen-bond donors (Lipinski definition) is 1. The molecule has 2 aromatic heterocycles. The zero-order valence-corrected chi connectivity index (χ0v) is 11.5. The van der Waals surface area contributed by atoms with Crippen molar-refractivity contribution in [1.82, 2.24) is 19.7 Å². The van der Waals surface area contributed by atoms with Gasteiger partial charge in [0.1, 0.15) is 0 Å². The Morgan fingerprint density at radius 3 is 2.87 bits per heavy atom. The highest BCUT2D eigenvalue weighted by molar-refractivity contribution is 14.1. The zero-order chi connectivity index (χ0) is 10.8. The van der Waals surface area contributed by atoms with Crippen LogP contribution in [0.1, 0.15) is 0 Å². The van der Waals surface area contributed by atoms with Crippen molar-refractivity contribution in [1.29, 1.82) is 0 Å². The van der Waals surface area contributed by atoms with Crippen LogP contribution in [0, 0.1) is 3.57 Å². The summed E-state index contributed by atoms with van der Waals surface area (Å²) in [6.07, 6.45) is 5.37. The number of aromatic nitrogens is 4. The molecule has 0 aliphatic rings. The van der Waals surface area contributed by atoms with Gasteiger partial charge in [0.05, 0.1) is 14.2 Å². The molecule has 78 valence electrons. The lowest BCUT2D eigenvalue weighted by molar-refractivity contribution is 0.835. The summed E-state index contributed by atoms with van der Waals surface area (Å²) in [5.74, 6) is 1.29. The summed E-state index contributed by atoms with van der Waals surface area (Å²) in [6.45, 7) is 0. The molecule has 7 heteroatoms. The normalized spacial score (nSPS) is 10.3. The lowest BCUT2D eigenvalue weighted by Crippen LogP contribution is -2.04. The molecule has 5 nitrogen and oxygen atoms in total. The average Bonchev–Trinajstić information content (AvgIpc) is 2.65. The summed E-state index contributed by atoms with van der Waals surface area (Å²) in [7, 11) is 1.78. The second-order valence-electron chi connectivity index (χ2n) is 2.72. The molecule has 1 N–H and O–H groups in total. The molecule has 0 radical (unpaired) electrons. The molecule has 0 amide bonds. The van der Waals surface area contributed by atoms with Crippen LogP contribution >= 0.6 is 38.5 Å². The molecular weight excluding hydrogens is 373 g/mol. The van der Waals surface area contributed by atoms with E-state index in [9.17, 15) is 0 Å². The lowest BCUT2D eigenvalue weighted by atomic mass is 10.6. The molecule has 0 fully saturated rings. The van der Waals surface area contributed by atoms with Gasteiger partial charge in [-0.3, -0.25) is 0 Å². The summed E-state index contributed by atoms with van der Waals surface area (Å²) in [4.78, 5) is 8.38. The third-order valence-electron chi connectivity index (χ3n) is 1.72. The first-order chi connectivity index (χ1) is 7.20. The van der Waals surface area contributed by atoms with E-state index in [0.717, 1.165) is 13.9 Å². The second-order valence-corrected chi connectivity index (χ2v) is 4.82. The van der Waals surface area contributed by atoms with Crippen molar-refractivity contribution in [2.24, 2.45) is 0 Å². The number of rotatable bonds is 2. The third-order valence-corrected chi connectivity index (χ3v) is 2.83. The summed E-state index contributed by atoms with van der Waals surface area (Å²) in [6, 6.07) is 0. The number of nitrogens with one attached hydrogen (secondary N) is 1. The van der Waals surface area contributed by atoms with E-state index >= 15 is 0 Å². The van der Waals surface area contributed by atoms with Crippen LogP contribution in [0.5, 0.6) is 0 Å². The van der Waals surface area contributed by atoms with Crippen molar-refractivity contribution in [2.45, 2.75) is 0 Å². The predicted molar refractivity (Wildman–Crippen MR) is 69.1 cm³/mol. The molecule has 0 aliphatic heterocycles. The second kappa shape index (κ2) is 4.44. The van der Waals surface area contributed by atoms with E-state index in [4.69, 9.17) is 0 Å². The molecule has 2 heterocycles. The standard InChI is InChI=1S/C8H7BrIN5/c1-11-8-12-3-6(9)7(14-8)15-4-5(10)2-13-15/h2-4H,1H3,(H,11,12,14). The minimum Gasteiger partial charge on any atom is -0.357 e. The Morgan fingerprint density at radius 1 is 1.47 bits per heavy atom. The molecule has 0 saturated heterocycles. The van der Waals surface area contributed by atoms with Crippen molar-refractivity contribution >= 4 is 44.5 Å². The maximum absolute atomic E-state index is 4.30. The maximum Gasteiger partial charge on any atom is 0.224 e. The van der Waals surface area contributed by atoms with E-state index in [1.54, 1.807) is 24.1 Å². The molecule has 2 aromatic rings. The minimum atomic E-state index is 0.568. The van der Waals surface area contributed by atoms with Crippen LogP contribution in [0.3, 0.4) is 0 Å². The van der Waals surface area contributed by atoms with Crippen LogP contribution in [0.4, 0.5) is 5.95 Å². The van der Waals surface area contributed by atoms with Gasteiger partial charge in [0, 0.05) is 19.4 Å². The van der Waals surface area contributed by atoms with Crippen LogP contribution in [-0.2, 0) is 0 Å². The molecule has 0 bridgehead atoms. The largest absolute Gasteiger partial charge is 0.357 e. The Labute approximate surface area is 109 Å². The first-order valence-corrected chi connectivity index (χ1v) is 5.98. The summed E-state index contributed by atoms with van der Waals surface area (Å²) in [5, 5.41) is 7.07. The molecule has 0 spiro atoms. The van der Waals surface area contributed by atoms with Crippen molar-refractivity contribution < 1.29 is 0 Å². The number of anilines is 1. The maximum atomic E-state index is 4.30. The summed E-state index contributed by atoms with van der Waals surface area (Å²) in [5.41, 5.74) is 0. The highest BCUT2D eigenvalue weighted by Gasteiger charge is 2.07. The van der Waals surface area contributed by atoms with Gasteiger partial charge < -0.3 is 5.32 Å². The Balaban J connectivity index is 2.51. The van der Waals surface area contributed by atoms with Gasteiger partial charge in [0.25, 0.3) is 0 Å². The monoisotopic (exact) mass is 379 g/mol. The van der Waals surface area contributed by atoms with Crippen LogP contribution in [0.25, 0.3) is 5.82 Å². The molecule has 0 saturated carbocycles. The molecular formula is C8H7BrIN5. The van der Waals surface area contributed by atoms with Crippen molar-refractivity contribution in [2.75, 3.05) is 12.4 Å².